The summed E-state index contributed by atoms with van der Waals surface area (Å²) in [5.41, 5.74) is 0. The van der Waals surface area contributed by atoms with E-state index >= 15 is 0 Å². The predicted octanol–water partition coefficient (Wildman–Crippen LogP) is 13.8. The van der Waals surface area contributed by atoms with Gasteiger partial charge in [-0.15, -0.1) is 0 Å². The van der Waals surface area contributed by atoms with E-state index in [0.717, 1.165) is 25.7 Å². The van der Waals surface area contributed by atoms with E-state index in [0.29, 0.717) is 12.8 Å². The number of aliphatic hydroxyl groups is 3. The zero-order valence-electron chi connectivity index (χ0n) is 35.5. The maximum absolute atomic E-state index is 12.5. The second-order valence-electron chi connectivity index (χ2n) is 16.7. The molecule has 3 atom stereocenters. The molecule has 0 aromatic heterocycles. The van der Waals surface area contributed by atoms with Crippen molar-refractivity contribution in [3.05, 3.63) is 0 Å². The van der Waals surface area contributed by atoms with Crippen molar-refractivity contribution in [3.63, 3.8) is 0 Å². The normalized spacial score (nSPS) is 13.4. The maximum atomic E-state index is 12.5. The molecular formula is C47H95NO4. The lowest BCUT2D eigenvalue weighted by Crippen LogP contribution is -2.46. The third-order valence-electron chi connectivity index (χ3n) is 11.4. The number of aliphatic hydroxyl groups excluding tert-OH is 3. The molecule has 0 radical (unpaired) electrons. The second-order valence-corrected chi connectivity index (χ2v) is 16.7. The lowest BCUT2D eigenvalue weighted by atomic mass is 10.0. The average molecular weight is 738 g/mol. The average Bonchev–Trinajstić information content (AvgIpc) is 3.14. The summed E-state index contributed by atoms with van der Waals surface area (Å²) in [5, 5.41) is 33.5. The van der Waals surface area contributed by atoms with Crippen LogP contribution in [0.2, 0.25) is 0 Å². The molecule has 0 aliphatic rings. The van der Waals surface area contributed by atoms with Crippen molar-refractivity contribution in [2.75, 3.05) is 6.61 Å². The van der Waals surface area contributed by atoms with Gasteiger partial charge in [0.25, 0.3) is 0 Å². The predicted molar refractivity (Wildman–Crippen MR) is 227 cm³/mol. The summed E-state index contributed by atoms with van der Waals surface area (Å²) in [4.78, 5) is 12.5. The highest BCUT2D eigenvalue weighted by Gasteiger charge is 2.21. The zero-order valence-corrected chi connectivity index (χ0v) is 35.5. The fourth-order valence-electron chi connectivity index (χ4n) is 7.76. The van der Waals surface area contributed by atoms with Crippen molar-refractivity contribution in [2.45, 2.75) is 289 Å². The van der Waals surface area contributed by atoms with Gasteiger partial charge in [0, 0.05) is 0 Å². The van der Waals surface area contributed by atoms with Gasteiger partial charge in [0.1, 0.15) is 0 Å². The van der Waals surface area contributed by atoms with E-state index in [1.807, 2.05) is 0 Å². The minimum absolute atomic E-state index is 0.0431. The summed E-state index contributed by atoms with van der Waals surface area (Å²) in [5.74, 6) is -0.277. The van der Waals surface area contributed by atoms with Crippen LogP contribution in [0.1, 0.15) is 271 Å². The molecule has 0 aromatic carbocycles. The van der Waals surface area contributed by atoms with E-state index in [1.165, 1.54) is 212 Å². The number of nitrogens with one attached hydrogen (secondary N) is 1. The van der Waals surface area contributed by atoms with Crippen molar-refractivity contribution in [3.8, 4) is 0 Å². The first-order chi connectivity index (χ1) is 25.5. The lowest BCUT2D eigenvalue weighted by Gasteiger charge is -2.23. The third kappa shape index (κ3) is 39.1. The van der Waals surface area contributed by atoms with Crippen LogP contribution in [-0.4, -0.2) is 46.1 Å². The van der Waals surface area contributed by atoms with Crippen LogP contribution >= 0.6 is 0 Å². The molecule has 0 rings (SSSR count). The molecule has 5 heteroatoms. The van der Waals surface area contributed by atoms with Crippen LogP contribution in [0.25, 0.3) is 0 Å². The molecule has 4 N–H and O–H groups in total. The Kier molecular flexibility index (Phi) is 42.5. The molecule has 1 amide bonds. The molecule has 0 saturated heterocycles. The van der Waals surface area contributed by atoms with Gasteiger partial charge in [-0.05, 0) is 12.8 Å². The molecule has 0 aliphatic carbocycles. The fourth-order valence-corrected chi connectivity index (χ4v) is 7.76. The molecule has 0 aliphatic heterocycles. The number of amides is 1. The molecule has 52 heavy (non-hydrogen) atoms. The Morgan fingerprint density at radius 1 is 0.404 bits per heavy atom. The molecule has 0 spiro atoms. The van der Waals surface area contributed by atoms with Crippen LogP contribution in [0.15, 0.2) is 0 Å². The van der Waals surface area contributed by atoms with E-state index in [1.54, 1.807) is 0 Å². The standard InChI is InChI=1S/C47H95NO4/c1-3-5-7-9-11-13-15-17-19-20-21-22-23-24-25-27-28-30-32-34-36-38-40-44(50)42-47(52)48-45(43-49)46(51)41-39-37-35-33-31-29-26-18-16-14-12-10-8-6-4-2/h44-46,49-51H,3-43H2,1-2H3,(H,48,52). The number of hydrogen-bond donors (Lipinski definition) is 4. The number of carbonyl (C=O) groups is 1. The molecule has 0 bridgehead atoms. The van der Waals surface area contributed by atoms with E-state index in [-0.39, 0.29) is 18.9 Å². The Hall–Kier alpha value is -0.650. The summed E-state index contributed by atoms with van der Waals surface area (Å²) in [6, 6.07) is -0.652. The molecule has 0 aromatic rings. The van der Waals surface area contributed by atoms with Crippen molar-refractivity contribution >= 4 is 5.91 Å². The van der Waals surface area contributed by atoms with Crippen LogP contribution in [-0.2, 0) is 4.79 Å². The van der Waals surface area contributed by atoms with Crippen LogP contribution < -0.4 is 5.32 Å². The molecule has 0 saturated carbocycles. The molecule has 312 valence electrons. The number of rotatable bonds is 44. The van der Waals surface area contributed by atoms with Crippen LogP contribution in [0.5, 0.6) is 0 Å². The molecule has 0 fully saturated rings. The Labute approximate surface area is 326 Å². The molecule has 0 heterocycles. The van der Waals surface area contributed by atoms with Gasteiger partial charge >= 0.3 is 0 Å². The first kappa shape index (κ1) is 51.4. The van der Waals surface area contributed by atoms with Gasteiger partial charge in [0.2, 0.25) is 5.91 Å². The van der Waals surface area contributed by atoms with Crippen LogP contribution in [0.4, 0.5) is 0 Å². The smallest absolute Gasteiger partial charge is 0.222 e. The van der Waals surface area contributed by atoms with Gasteiger partial charge in [0.15, 0.2) is 0 Å². The van der Waals surface area contributed by atoms with Crippen molar-refractivity contribution < 1.29 is 20.1 Å². The van der Waals surface area contributed by atoms with Gasteiger partial charge in [-0.2, -0.15) is 0 Å². The topological polar surface area (TPSA) is 89.8 Å². The van der Waals surface area contributed by atoms with Crippen molar-refractivity contribution in [1.29, 1.82) is 0 Å². The summed E-state index contributed by atoms with van der Waals surface area (Å²) in [6.45, 7) is 4.29. The Balaban J connectivity index is 3.53. The maximum Gasteiger partial charge on any atom is 0.222 e. The summed E-state index contributed by atoms with van der Waals surface area (Å²) in [6.07, 6.45) is 49.4. The highest BCUT2D eigenvalue weighted by Crippen LogP contribution is 2.17. The monoisotopic (exact) mass is 738 g/mol. The van der Waals surface area contributed by atoms with E-state index in [2.05, 4.69) is 19.2 Å². The van der Waals surface area contributed by atoms with Gasteiger partial charge in [0.05, 0.1) is 31.3 Å². The van der Waals surface area contributed by atoms with Crippen molar-refractivity contribution in [2.24, 2.45) is 0 Å². The van der Waals surface area contributed by atoms with Crippen molar-refractivity contribution in [1.82, 2.24) is 5.32 Å². The fraction of sp³-hybridized carbons (Fsp3) is 0.979. The minimum atomic E-state index is -0.743. The summed E-state index contributed by atoms with van der Waals surface area (Å²) in [7, 11) is 0. The highest BCUT2D eigenvalue weighted by molar-refractivity contribution is 5.76. The van der Waals surface area contributed by atoms with Gasteiger partial charge < -0.3 is 20.6 Å². The number of unbranched alkanes of at least 4 members (excludes halogenated alkanes) is 35. The Morgan fingerprint density at radius 3 is 0.923 bits per heavy atom. The molecule has 3 unspecified atom stereocenters. The zero-order chi connectivity index (χ0) is 38.0. The van der Waals surface area contributed by atoms with E-state index in [9.17, 15) is 20.1 Å². The summed E-state index contributed by atoms with van der Waals surface area (Å²) < 4.78 is 0. The largest absolute Gasteiger partial charge is 0.394 e. The number of carbonyl (C=O) groups excluding carboxylic acids is 1. The first-order valence-electron chi connectivity index (χ1n) is 23.8. The SMILES string of the molecule is CCCCCCCCCCCCCCCCCCCCCCCCC(O)CC(=O)NC(CO)C(O)CCCCCCCCCCCCCCCCC. The van der Waals surface area contributed by atoms with Crippen LogP contribution in [0.3, 0.4) is 0 Å². The molecule has 5 nitrogen and oxygen atoms in total. The third-order valence-corrected chi connectivity index (χ3v) is 11.4. The minimum Gasteiger partial charge on any atom is -0.394 e. The van der Waals surface area contributed by atoms with Gasteiger partial charge in [-0.25, -0.2) is 0 Å². The molecular weight excluding hydrogens is 643 g/mol. The Morgan fingerprint density at radius 2 is 0.654 bits per heavy atom. The summed E-state index contributed by atoms with van der Waals surface area (Å²) >= 11 is 0. The van der Waals surface area contributed by atoms with Gasteiger partial charge in [-0.3, -0.25) is 4.79 Å². The number of hydrogen-bond acceptors (Lipinski definition) is 4. The first-order valence-corrected chi connectivity index (χ1v) is 23.8. The quantitative estimate of drug-likeness (QED) is 0.0469. The van der Waals surface area contributed by atoms with E-state index in [4.69, 9.17) is 0 Å². The van der Waals surface area contributed by atoms with E-state index < -0.39 is 18.2 Å². The van der Waals surface area contributed by atoms with Gasteiger partial charge in [-0.1, -0.05) is 251 Å². The second kappa shape index (κ2) is 43.1. The highest BCUT2D eigenvalue weighted by atomic mass is 16.3. The lowest BCUT2D eigenvalue weighted by molar-refractivity contribution is -0.125. The van der Waals surface area contributed by atoms with Crippen LogP contribution in [0, 0.1) is 0 Å². The Bertz CT molecular complexity index is 688.